The third-order valence-corrected chi connectivity index (χ3v) is 7.27. The van der Waals surface area contributed by atoms with E-state index in [2.05, 4.69) is 53.7 Å². The molecule has 9 heteroatoms. The molecule has 1 fully saturated rings. The van der Waals surface area contributed by atoms with Crippen molar-refractivity contribution < 1.29 is 4.79 Å². The Bertz CT molecular complexity index is 1060. The highest BCUT2D eigenvalue weighted by molar-refractivity contribution is 9.10. The first-order valence-electron chi connectivity index (χ1n) is 9.20. The van der Waals surface area contributed by atoms with Gasteiger partial charge in [-0.05, 0) is 41.5 Å². The third kappa shape index (κ3) is 5.33. The Morgan fingerprint density at radius 2 is 1.90 bits per heavy atom. The minimum atomic E-state index is -0.145. The summed E-state index contributed by atoms with van der Waals surface area (Å²) in [5.74, 6) is -0.0285. The van der Waals surface area contributed by atoms with Crippen molar-refractivity contribution in [1.82, 2.24) is 15.4 Å². The van der Waals surface area contributed by atoms with E-state index in [4.69, 9.17) is 0 Å². The Morgan fingerprint density at radius 3 is 2.63 bits per heavy atom. The van der Waals surface area contributed by atoms with E-state index in [1.165, 1.54) is 0 Å². The SMILES string of the molecule is O=C1/C(=C\c2cccc(Br)c2)SC(c2cccc(Br)c2)N1NCCNc1nccs1. The number of benzene rings is 2. The molecule has 1 saturated heterocycles. The van der Waals surface area contributed by atoms with Crippen LogP contribution < -0.4 is 10.7 Å². The molecule has 2 heterocycles. The fourth-order valence-corrected chi connectivity index (χ4v) is 5.57. The zero-order valence-corrected chi connectivity index (χ0v) is 20.5. The number of anilines is 1. The maximum Gasteiger partial charge on any atom is 0.275 e. The number of carbonyl (C=O) groups excluding carboxylic acids is 1. The summed E-state index contributed by atoms with van der Waals surface area (Å²) in [7, 11) is 0. The van der Waals surface area contributed by atoms with E-state index < -0.39 is 0 Å². The highest BCUT2D eigenvalue weighted by Crippen LogP contribution is 2.45. The number of amides is 1. The largest absolute Gasteiger partial charge is 0.360 e. The van der Waals surface area contributed by atoms with E-state index in [0.717, 1.165) is 25.2 Å². The molecule has 1 aromatic heterocycles. The molecule has 1 amide bonds. The Kier molecular flexibility index (Phi) is 7.27. The smallest absolute Gasteiger partial charge is 0.275 e. The molecule has 1 atom stereocenters. The van der Waals surface area contributed by atoms with Crippen LogP contribution in [0.4, 0.5) is 5.13 Å². The molecule has 30 heavy (non-hydrogen) atoms. The van der Waals surface area contributed by atoms with Crippen molar-refractivity contribution in [1.29, 1.82) is 0 Å². The van der Waals surface area contributed by atoms with Gasteiger partial charge in [0, 0.05) is 33.6 Å². The van der Waals surface area contributed by atoms with E-state index in [1.54, 1.807) is 34.3 Å². The van der Waals surface area contributed by atoms with Crippen LogP contribution in [0.5, 0.6) is 0 Å². The van der Waals surface area contributed by atoms with E-state index >= 15 is 0 Å². The summed E-state index contributed by atoms with van der Waals surface area (Å²) in [5.41, 5.74) is 5.34. The second-order valence-electron chi connectivity index (χ2n) is 6.44. The zero-order valence-electron chi connectivity index (χ0n) is 15.7. The molecule has 2 N–H and O–H groups in total. The van der Waals surface area contributed by atoms with Gasteiger partial charge in [-0.3, -0.25) is 9.80 Å². The molecule has 0 spiro atoms. The van der Waals surface area contributed by atoms with E-state index in [9.17, 15) is 4.79 Å². The molecule has 0 saturated carbocycles. The van der Waals surface area contributed by atoms with Crippen molar-refractivity contribution >= 4 is 72.1 Å². The van der Waals surface area contributed by atoms with Gasteiger partial charge in [-0.2, -0.15) is 0 Å². The van der Waals surface area contributed by atoms with Crippen molar-refractivity contribution in [3.05, 3.63) is 85.1 Å². The molecular formula is C21H18Br2N4OS2. The lowest BCUT2D eigenvalue weighted by Crippen LogP contribution is -2.42. The molecule has 0 radical (unpaired) electrons. The topological polar surface area (TPSA) is 57.3 Å². The minimum absolute atomic E-state index is 0.0285. The van der Waals surface area contributed by atoms with Crippen LogP contribution in [0.3, 0.4) is 0 Å². The van der Waals surface area contributed by atoms with Crippen LogP contribution in [0.2, 0.25) is 0 Å². The predicted molar refractivity (Wildman–Crippen MR) is 132 cm³/mol. The van der Waals surface area contributed by atoms with Crippen molar-refractivity contribution in [2.45, 2.75) is 5.37 Å². The van der Waals surface area contributed by atoms with Crippen molar-refractivity contribution in [3.8, 4) is 0 Å². The second-order valence-corrected chi connectivity index (χ2v) is 10.3. The quantitative estimate of drug-likeness (QED) is 0.276. The van der Waals surface area contributed by atoms with Crippen LogP contribution in [0.1, 0.15) is 16.5 Å². The molecular weight excluding hydrogens is 548 g/mol. The molecule has 3 aromatic rings. The van der Waals surface area contributed by atoms with Crippen LogP contribution in [0.15, 0.2) is 74.0 Å². The fraction of sp³-hybridized carbons (Fsp3) is 0.143. The van der Waals surface area contributed by atoms with Gasteiger partial charge in [0.1, 0.15) is 5.37 Å². The number of halogens is 2. The van der Waals surface area contributed by atoms with Gasteiger partial charge in [0.25, 0.3) is 5.91 Å². The highest BCUT2D eigenvalue weighted by Gasteiger charge is 2.37. The number of hydrogen-bond acceptors (Lipinski definition) is 6. The number of hydrazine groups is 1. The first-order valence-corrected chi connectivity index (χ1v) is 12.5. The molecule has 0 bridgehead atoms. The zero-order chi connectivity index (χ0) is 20.9. The summed E-state index contributed by atoms with van der Waals surface area (Å²) < 4.78 is 1.97. The summed E-state index contributed by atoms with van der Waals surface area (Å²) in [5, 5.41) is 7.64. The number of nitrogens with one attached hydrogen (secondary N) is 2. The van der Waals surface area contributed by atoms with Gasteiger partial charge in [0.15, 0.2) is 5.13 Å². The van der Waals surface area contributed by atoms with Crippen LogP contribution in [-0.4, -0.2) is 29.0 Å². The average Bonchev–Trinajstić information content (AvgIpc) is 3.34. The third-order valence-electron chi connectivity index (χ3n) is 4.30. The van der Waals surface area contributed by atoms with Gasteiger partial charge in [-0.15, -0.1) is 11.3 Å². The highest BCUT2D eigenvalue weighted by atomic mass is 79.9. The van der Waals surface area contributed by atoms with Gasteiger partial charge in [-0.25, -0.2) is 10.4 Å². The number of thiazole rings is 1. The van der Waals surface area contributed by atoms with Gasteiger partial charge in [-0.1, -0.05) is 67.9 Å². The lowest BCUT2D eigenvalue weighted by atomic mass is 10.2. The summed E-state index contributed by atoms with van der Waals surface area (Å²) in [4.78, 5) is 18.1. The predicted octanol–water partition coefficient (Wildman–Crippen LogP) is 5.90. The van der Waals surface area contributed by atoms with Gasteiger partial charge < -0.3 is 5.32 Å². The van der Waals surface area contributed by atoms with E-state index in [0.29, 0.717) is 18.0 Å². The number of carbonyl (C=O) groups is 1. The first kappa shape index (κ1) is 21.6. The van der Waals surface area contributed by atoms with Crippen LogP contribution in [-0.2, 0) is 4.79 Å². The summed E-state index contributed by atoms with van der Waals surface area (Å²) in [6, 6.07) is 16.0. The van der Waals surface area contributed by atoms with Crippen LogP contribution >= 0.6 is 55.0 Å². The minimum Gasteiger partial charge on any atom is -0.360 e. The molecule has 5 nitrogen and oxygen atoms in total. The number of thioether (sulfide) groups is 1. The Balaban J connectivity index is 1.53. The molecule has 1 aliphatic heterocycles. The van der Waals surface area contributed by atoms with Crippen LogP contribution in [0, 0.1) is 0 Å². The van der Waals surface area contributed by atoms with E-state index in [1.807, 2.05) is 53.9 Å². The van der Waals surface area contributed by atoms with Crippen LogP contribution in [0.25, 0.3) is 6.08 Å². The standard InChI is InChI=1S/C21H18Br2N4OS2/c22-16-5-1-3-14(11-16)12-18-19(28)27(26-8-7-24-21-25-9-10-29-21)20(30-18)15-4-2-6-17(23)13-15/h1-6,9-13,20,26H,7-8H2,(H,24,25)/b18-12+. The Hall–Kier alpha value is -1.65. The Morgan fingerprint density at radius 1 is 1.10 bits per heavy atom. The summed E-state index contributed by atoms with van der Waals surface area (Å²) in [6.07, 6.45) is 3.71. The average molecular weight is 566 g/mol. The number of hydrogen-bond donors (Lipinski definition) is 2. The molecule has 1 unspecified atom stereocenters. The lowest BCUT2D eigenvalue weighted by molar-refractivity contribution is -0.129. The van der Waals surface area contributed by atoms with Gasteiger partial charge in [0.2, 0.25) is 0 Å². The maximum absolute atomic E-state index is 13.2. The number of aromatic nitrogens is 1. The molecule has 154 valence electrons. The van der Waals surface area contributed by atoms with Crippen molar-refractivity contribution in [2.75, 3.05) is 18.4 Å². The van der Waals surface area contributed by atoms with Crippen molar-refractivity contribution in [2.24, 2.45) is 0 Å². The molecule has 2 aromatic carbocycles. The summed E-state index contributed by atoms with van der Waals surface area (Å²) >= 11 is 10.1. The second kappa shape index (κ2) is 10.1. The van der Waals surface area contributed by atoms with E-state index in [-0.39, 0.29) is 11.3 Å². The van der Waals surface area contributed by atoms with Gasteiger partial charge >= 0.3 is 0 Å². The fourth-order valence-electron chi connectivity index (χ4n) is 2.98. The normalized spacial score (nSPS) is 17.7. The Labute approximate surface area is 200 Å². The molecule has 0 aliphatic carbocycles. The molecule has 4 rings (SSSR count). The lowest BCUT2D eigenvalue weighted by Gasteiger charge is -2.24. The summed E-state index contributed by atoms with van der Waals surface area (Å²) in [6.45, 7) is 1.26. The maximum atomic E-state index is 13.2. The monoisotopic (exact) mass is 564 g/mol. The van der Waals surface area contributed by atoms with Crippen molar-refractivity contribution in [3.63, 3.8) is 0 Å². The first-order chi connectivity index (χ1) is 14.6. The molecule has 1 aliphatic rings. The van der Waals surface area contributed by atoms with Gasteiger partial charge in [0.05, 0.1) is 4.91 Å². The number of rotatable bonds is 7. The number of nitrogens with zero attached hydrogens (tertiary/aromatic N) is 2.